The molecule has 9 nitrogen and oxygen atoms in total. The van der Waals surface area contributed by atoms with Gasteiger partial charge in [0.15, 0.2) is 0 Å². The number of unbranched alkanes of at least 4 members (excludes halogenated alkanes) is 2. The van der Waals surface area contributed by atoms with Gasteiger partial charge in [-0.05, 0) is 55.5 Å². The van der Waals surface area contributed by atoms with Crippen LogP contribution in [-0.4, -0.2) is 48.0 Å². The zero-order chi connectivity index (χ0) is 26.0. The van der Waals surface area contributed by atoms with Crippen molar-refractivity contribution in [3.05, 3.63) is 66.5 Å². The Morgan fingerprint density at radius 2 is 1.81 bits per heavy atom. The average Bonchev–Trinajstić information content (AvgIpc) is 2.90. The van der Waals surface area contributed by atoms with Crippen LogP contribution in [0.15, 0.2) is 65.7 Å². The van der Waals surface area contributed by atoms with Gasteiger partial charge < -0.3 is 10.1 Å². The summed E-state index contributed by atoms with van der Waals surface area (Å²) in [6, 6.07) is 14.6. The Hall–Kier alpha value is -3.94. The summed E-state index contributed by atoms with van der Waals surface area (Å²) in [4.78, 5) is 28.6. The number of nitrogens with one attached hydrogen (secondary N) is 1. The first kappa shape index (κ1) is 26.7. The Bertz CT molecular complexity index is 1370. The molecule has 0 radical (unpaired) electrons. The molecular weight excluding hydrogens is 482 g/mol. The van der Waals surface area contributed by atoms with Crippen LogP contribution in [-0.2, 0) is 14.8 Å². The summed E-state index contributed by atoms with van der Waals surface area (Å²) >= 11 is 0. The molecule has 2 aromatic carbocycles. The van der Waals surface area contributed by atoms with Crippen LogP contribution in [0.1, 0.15) is 43.1 Å². The third-order valence-electron chi connectivity index (χ3n) is 5.29. The van der Waals surface area contributed by atoms with Gasteiger partial charge in [-0.3, -0.25) is 19.8 Å². The lowest BCUT2D eigenvalue weighted by Gasteiger charge is -2.15. The van der Waals surface area contributed by atoms with Crippen molar-refractivity contribution in [1.82, 2.24) is 14.8 Å². The summed E-state index contributed by atoms with van der Waals surface area (Å²) in [5.41, 5.74) is 0.346. The van der Waals surface area contributed by atoms with Crippen LogP contribution < -0.4 is 10.1 Å². The standard InChI is InChI=1S/C26H27N3O6S/c1-2-3-19-35-21-12-14-22(15-13-21)36(33,34)29(32)24(30)11-5-4-8-17-28-26(31)25-23-10-7-6-9-20(23)16-18-27-25/h6-7,9-10,12-16,18,32H,4-5,8,11,17,19H2,1H3,(H,28,31). The average molecular weight is 510 g/mol. The monoisotopic (exact) mass is 509 g/mol. The number of hydrogen-bond acceptors (Lipinski definition) is 7. The van der Waals surface area contributed by atoms with Crippen molar-refractivity contribution in [3.63, 3.8) is 0 Å². The number of carbonyl (C=O) groups is 2. The minimum Gasteiger partial charge on any atom is -0.481 e. The van der Waals surface area contributed by atoms with Gasteiger partial charge >= 0.3 is 0 Å². The normalized spacial score (nSPS) is 10.8. The largest absolute Gasteiger partial charge is 0.481 e. The second-order valence-corrected chi connectivity index (χ2v) is 9.54. The van der Waals surface area contributed by atoms with E-state index in [0.717, 1.165) is 10.8 Å². The second kappa shape index (κ2) is 12.7. The maximum absolute atomic E-state index is 12.5. The van der Waals surface area contributed by atoms with Gasteiger partial charge in [-0.15, -0.1) is 10.4 Å². The first-order valence-corrected chi connectivity index (χ1v) is 12.8. The van der Waals surface area contributed by atoms with E-state index >= 15 is 0 Å². The lowest BCUT2D eigenvalue weighted by Crippen LogP contribution is -2.33. The van der Waals surface area contributed by atoms with E-state index in [4.69, 9.17) is 4.74 Å². The number of hydrogen-bond donors (Lipinski definition) is 2. The number of rotatable bonds is 11. The van der Waals surface area contributed by atoms with Crippen LogP contribution in [0.3, 0.4) is 0 Å². The Morgan fingerprint density at radius 3 is 2.56 bits per heavy atom. The molecular formula is C26H27N3O6S. The van der Waals surface area contributed by atoms with E-state index in [0.29, 0.717) is 37.3 Å². The lowest BCUT2D eigenvalue weighted by atomic mass is 10.1. The summed E-state index contributed by atoms with van der Waals surface area (Å²) in [5.74, 6) is 4.59. The van der Waals surface area contributed by atoms with E-state index < -0.39 is 15.9 Å². The predicted octanol–water partition coefficient (Wildman–Crippen LogP) is 3.53. The van der Waals surface area contributed by atoms with Crippen molar-refractivity contribution in [1.29, 1.82) is 0 Å². The maximum Gasteiger partial charge on any atom is 0.289 e. The highest BCUT2D eigenvalue weighted by Crippen LogP contribution is 2.20. The second-order valence-electron chi connectivity index (χ2n) is 7.78. The molecule has 0 unspecified atom stereocenters. The zero-order valence-electron chi connectivity index (χ0n) is 19.8. The molecule has 0 spiro atoms. The smallest absolute Gasteiger partial charge is 0.289 e. The molecule has 0 aliphatic heterocycles. The quantitative estimate of drug-likeness (QED) is 0.175. The fourth-order valence-electron chi connectivity index (χ4n) is 3.39. The van der Waals surface area contributed by atoms with E-state index in [9.17, 15) is 23.2 Å². The van der Waals surface area contributed by atoms with Crippen molar-refractivity contribution >= 4 is 32.6 Å². The zero-order valence-corrected chi connectivity index (χ0v) is 20.6. The molecule has 0 saturated heterocycles. The Kier molecular flexibility index (Phi) is 9.39. The molecule has 0 fully saturated rings. The van der Waals surface area contributed by atoms with Crippen molar-refractivity contribution in [2.45, 2.75) is 37.5 Å². The van der Waals surface area contributed by atoms with E-state index in [1.54, 1.807) is 13.1 Å². The Labute approximate surface area is 210 Å². The highest BCUT2D eigenvalue weighted by atomic mass is 32.2. The number of carbonyl (C=O) groups excluding carboxylic acids is 2. The molecule has 1 heterocycles. The van der Waals surface area contributed by atoms with E-state index in [1.165, 1.54) is 24.3 Å². The van der Waals surface area contributed by atoms with Crippen molar-refractivity contribution < 1.29 is 28.0 Å². The molecule has 0 aliphatic carbocycles. The Morgan fingerprint density at radius 1 is 1.06 bits per heavy atom. The fourth-order valence-corrected chi connectivity index (χ4v) is 4.43. The molecule has 0 aliphatic rings. The highest BCUT2D eigenvalue weighted by molar-refractivity contribution is 7.89. The summed E-state index contributed by atoms with van der Waals surface area (Å²) in [6.07, 6.45) is 2.90. The summed E-state index contributed by atoms with van der Waals surface area (Å²) < 4.78 is 30.1. The minimum atomic E-state index is -4.40. The Balaban J connectivity index is 1.42. The number of nitrogens with zero attached hydrogens (tertiary/aromatic N) is 2. The molecule has 3 aromatic rings. The van der Waals surface area contributed by atoms with E-state index in [1.807, 2.05) is 30.3 Å². The molecule has 2 N–H and O–H groups in total. The number of benzene rings is 2. The van der Waals surface area contributed by atoms with Crippen LogP contribution in [0.5, 0.6) is 5.75 Å². The number of amides is 2. The molecule has 188 valence electrons. The molecule has 10 heteroatoms. The van der Waals surface area contributed by atoms with Crippen LogP contribution in [0.4, 0.5) is 0 Å². The van der Waals surface area contributed by atoms with Gasteiger partial charge in [0.1, 0.15) is 18.1 Å². The lowest BCUT2D eigenvalue weighted by molar-refractivity contribution is -0.146. The highest BCUT2D eigenvalue weighted by Gasteiger charge is 2.27. The topological polar surface area (TPSA) is 126 Å². The number of pyridine rings is 1. The van der Waals surface area contributed by atoms with Crippen molar-refractivity contribution in [2.24, 2.45) is 0 Å². The number of aromatic nitrogens is 1. The van der Waals surface area contributed by atoms with Gasteiger partial charge in [-0.25, -0.2) is 0 Å². The minimum absolute atomic E-state index is 0.161. The third-order valence-corrected chi connectivity index (χ3v) is 6.82. The number of fused-ring (bicyclic) bond motifs is 1. The van der Waals surface area contributed by atoms with Crippen LogP contribution >= 0.6 is 0 Å². The number of ether oxygens (including phenoxy) is 1. The van der Waals surface area contributed by atoms with Gasteiger partial charge in [0.05, 0.1) is 4.90 Å². The molecule has 3 rings (SSSR count). The SMILES string of the molecule is CC#CCOc1ccc(S(=O)(=O)N(O)C(=O)CCCCCNC(=O)c2nccc3ccccc23)cc1. The van der Waals surface area contributed by atoms with Crippen molar-refractivity contribution in [2.75, 3.05) is 13.2 Å². The van der Waals surface area contributed by atoms with Crippen LogP contribution in [0.25, 0.3) is 10.8 Å². The molecule has 0 atom stereocenters. The number of hydroxylamine groups is 1. The summed E-state index contributed by atoms with van der Waals surface area (Å²) in [7, 11) is -4.40. The molecule has 36 heavy (non-hydrogen) atoms. The van der Waals surface area contributed by atoms with Gasteiger partial charge in [-0.1, -0.05) is 36.6 Å². The van der Waals surface area contributed by atoms with Gasteiger partial charge in [0.2, 0.25) is 0 Å². The summed E-state index contributed by atoms with van der Waals surface area (Å²) in [6.45, 7) is 2.21. The maximum atomic E-state index is 12.5. The number of sulfonamides is 1. The summed E-state index contributed by atoms with van der Waals surface area (Å²) in [5, 5.41) is 14.5. The molecule has 2 amide bonds. The molecule has 0 bridgehead atoms. The van der Waals surface area contributed by atoms with Gasteiger partial charge in [0, 0.05) is 24.5 Å². The predicted molar refractivity (Wildman–Crippen MR) is 134 cm³/mol. The third kappa shape index (κ3) is 6.81. The van der Waals surface area contributed by atoms with Gasteiger partial charge in [0.25, 0.3) is 21.8 Å². The first-order chi connectivity index (χ1) is 17.3. The van der Waals surface area contributed by atoms with E-state index in [2.05, 4.69) is 22.1 Å². The van der Waals surface area contributed by atoms with E-state index in [-0.39, 0.29) is 28.3 Å². The molecule has 1 aromatic heterocycles. The van der Waals surface area contributed by atoms with Crippen molar-refractivity contribution in [3.8, 4) is 17.6 Å². The van der Waals surface area contributed by atoms with Crippen LogP contribution in [0, 0.1) is 11.8 Å². The fraction of sp³-hybridized carbons (Fsp3) is 0.269. The first-order valence-electron chi connectivity index (χ1n) is 11.4. The van der Waals surface area contributed by atoms with Gasteiger partial charge in [-0.2, -0.15) is 8.42 Å². The molecule has 0 saturated carbocycles. The van der Waals surface area contributed by atoms with Crippen LogP contribution in [0.2, 0.25) is 0 Å².